The topological polar surface area (TPSA) is 102 Å². The lowest BCUT2D eigenvalue weighted by molar-refractivity contribution is -0.135. The highest BCUT2D eigenvalue weighted by atomic mass is 32.1. The summed E-state index contributed by atoms with van der Waals surface area (Å²) in [6.07, 6.45) is 1.06. The summed E-state index contributed by atoms with van der Waals surface area (Å²) >= 11 is 1.33. The molecule has 1 aromatic heterocycles. The highest BCUT2D eigenvalue weighted by Gasteiger charge is 2.43. The van der Waals surface area contributed by atoms with Gasteiger partial charge in [-0.25, -0.2) is 0 Å². The molecule has 2 heterocycles. The number of thiophene rings is 1. The minimum Gasteiger partial charge on any atom is -0.396 e. The molecular formula is C17H26N2O4S. The first kappa shape index (κ1) is 18.9. The lowest BCUT2D eigenvalue weighted by Crippen LogP contribution is -2.42. The summed E-state index contributed by atoms with van der Waals surface area (Å²) in [5.41, 5.74) is 5.81. The van der Waals surface area contributed by atoms with Gasteiger partial charge in [0.25, 0.3) is 5.91 Å². The third kappa shape index (κ3) is 3.48. The molecule has 1 atom stereocenters. The van der Waals surface area contributed by atoms with Crippen molar-refractivity contribution in [1.82, 2.24) is 0 Å². The van der Waals surface area contributed by atoms with Crippen LogP contribution in [0, 0.1) is 5.92 Å². The number of hydrogen-bond donors (Lipinski definition) is 3. The zero-order chi connectivity index (χ0) is 18.3. The third-order valence-corrected chi connectivity index (χ3v) is 5.71. The van der Waals surface area contributed by atoms with Crippen LogP contribution in [0.15, 0.2) is 0 Å². The highest BCUT2D eigenvalue weighted by Crippen LogP contribution is 2.48. The number of amides is 2. The Morgan fingerprint density at radius 1 is 1.38 bits per heavy atom. The molecule has 0 saturated heterocycles. The van der Waals surface area contributed by atoms with Crippen molar-refractivity contribution >= 4 is 28.2 Å². The van der Waals surface area contributed by atoms with Gasteiger partial charge in [-0.15, -0.1) is 11.3 Å². The second kappa shape index (κ2) is 6.46. The van der Waals surface area contributed by atoms with E-state index in [1.807, 2.05) is 34.6 Å². The van der Waals surface area contributed by atoms with Crippen LogP contribution in [0.5, 0.6) is 0 Å². The molecule has 6 nitrogen and oxygen atoms in total. The number of rotatable bonds is 5. The van der Waals surface area contributed by atoms with Crippen molar-refractivity contribution in [3.8, 4) is 0 Å². The predicted molar refractivity (Wildman–Crippen MR) is 94.2 cm³/mol. The molecule has 2 rings (SSSR count). The average Bonchev–Trinajstić information content (AvgIpc) is 2.76. The summed E-state index contributed by atoms with van der Waals surface area (Å²) < 4.78 is 6.14. The molecule has 134 valence electrons. The summed E-state index contributed by atoms with van der Waals surface area (Å²) in [7, 11) is 0. The Labute approximate surface area is 146 Å². The number of aliphatic hydroxyl groups is 1. The first-order valence-electron chi connectivity index (χ1n) is 8.10. The number of carbonyl (C=O) groups excluding carboxylic acids is 2. The van der Waals surface area contributed by atoms with Gasteiger partial charge in [0.15, 0.2) is 0 Å². The fourth-order valence-corrected chi connectivity index (χ4v) is 4.55. The molecule has 0 bridgehead atoms. The molecule has 1 aromatic rings. The molecule has 24 heavy (non-hydrogen) atoms. The van der Waals surface area contributed by atoms with Gasteiger partial charge in [0, 0.05) is 11.3 Å². The van der Waals surface area contributed by atoms with Crippen molar-refractivity contribution in [3.63, 3.8) is 0 Å². The molecule has 2 amide bonds. The second-order valence-electron chi connectivity index (χ2n) is 7.30. The number of ether oxygens (including phenoxy) is 1. The van der Waals surface area contributed by atoms with Gasteiger partial charge < -0.3 is 20.9 Å². The van der Waals surface area contributed by atoms with Gasteiger partial charge in [0.2, 0.25) is 5.91 Å². The zero-order valence-corrected chi connectivity index (χ0v) is 15.7. The molecule has 1 aliphatic rings. The van der Waals surface area contributed by atoms with Crippen LogP contribution in [-0.4, -0.2) is 29.1 Å². The summed E-state index contributed by atoms with van der Waals surface area (Å²) in [4.78, 5) is 25.3. The van der Waals surface area contributed by atoms with Crippen molar-refractivity contribution in [3.05, 3.63) is 16.0 Å². The Bertz CT molecular complexity index is 660. The number of nitrogens with one attached hydrogen (secondary N) is 1. The Morgan fingerprint density at radius 2 is 2.00 bits per heavy atom. The van der Waals surface area contributed by atoms with E-state index in [9.17, 15) is 14.7 Å². The molecule has 7 heteroatoms. The minimum absolute atomic E-state index is 0.235. The molecular weight excluding hydrogens is 328 g/mol. The Kier molecular flexibility index (Phi) is 5.09. The number of nitrogens with two attached hydrogens (primary N) is 1. The monoisotopic (exact) mass is 354 g/mol. The van der Waals surface area contributed by atoms with E-state index in [4.69, 9.17) is 10.5 Å². The fourth-order valence-electron chi connectivity index (χ4n) is 3.28. The van der Waals surface area contributed by atoms with Gasteiger partial charge in [0.1, 0.15) is 5.00 Å². The average molecular weight is 354 g/mol. The lowest BCUT2D eigenvalue weighted by Gasteiger charge is -2.41. The van der Waals surface area contributed by atoms with Crippen molar-refractivity contribution < 1.29 is 19.4 Å². The van der Waals surface area contributed by atoms with Crippen molar-refractivity contribution in [2.45, 2.75) is 58.7 Å². The molecule has 1 aliphatic heterocycles. The lowest BCUT2D eigenvalue weighted by atomic mass is 9.86. The quantitative estimate of drug-likeness (QED) is 0.755. The molecule has 0 saturated carbocycles. The van der Waals surface area contributed by atoms with Crippen LogP contribution in [-0.2, 0) is 21.6 Å². The maximum Gasteiger partial charge on any atom is 0.251 e. The number of anilines is 1. The molecule has 0 aromatic carbocycles. The van der Waals surface area contributed by atoms with E-state index < -0.39 is 23.0 Å². The minimum atomic E-state index is -0.573. The molecule has 0 fully saturated rings. The fraction of sp³-hybridized carbons (Fsp3) is 0.647. The van der Waals surface area contributed by atoms with E-state index >= 15 is 0 Å². The zero-order valence-electron chi connectivity index (χ0n) is 14.9. The maximum absolute atomic E-state index is 12.3. The number of aliphatic hydroxyl groups excluding tert-OH is 1. The van der Waals surface area contributed by atoms with Crippen molar-refractivity contribution in [2.24, 2.45) is 11.7 Å². The number of primary amides is 1. The maximum atomic E-state index is 12.3. The Hall–Kier alpha value is -1.44. The number of fused-ring (bicyclic) bond motifs is 1. The van der Waals surface area contributed by atoms with E-state index in [-0.39, 0.29) is 12.5 Å². The van der Waals surface area contributed by atoms with E-state index in [1.54, 1.807) is 0 Å². The Balaban J connectivity index is 2.50. The van der Waals surface area contributed by atoms with E-state index in [2.05, 4.69) is 5.32 Å². The van der Waals surface area contributed by atoms with E-state index in [1.165, 1.54) is 11.3 Å². The van der Waals surface area contributed by atoms with Crippen molar-refractivity contribution in [2.75, 3.05) is 11.9 Å². The van der Waals surface area contributed by atoms with Crippen LogP contribution in [0.4, 0.5) is 5.00 Å². The van der Waals surface area contributed by atoms with Gasteiger partial charge in [-0.2, -0.15) is 0 Å². The summed E-state index contributed by atoms with van der Waals surface area (Å²) in [6.45, 7) is 9.42. The van der Waals surface area contributed by atoms with Gasteiger partial charge in [-0.3, -0.25) is 9.59 Å². The molecule has 0 spiro atoms. The first-order valence-corrected chi connectivity index (χ1v) is 8.92. The van der Waals surface area contributed by atoms with Crippen LogP contribution in [0.1, 0.15) is 61.8 Å². The van der Waals surface area contributed by atoms with Gasteiger partial charge in [-0.1, -0.05) is 6.92 Å². The van der Waals surface area contributed by atoms with Gasteiger partial charge in [0.05, 0.1) is 29.3 Å². The van der Waals surface area contributed by atoms with E-state index in [0.29, 0.717) is 23.4 Å². The second-order valence-corrected chi connectivity index (χ2v) is 8.32. The number of carbonyl (C=O) groups is 2. The summed E-state index contributed by atoms with van der Waals surface area (Å²) in [5, 5.41) is 12.5. The smallest absolute Gasteiger partial charge is 0.251 e. The highest BCUT2D eigenvalue weighted by molar-refractivity contribution is 7.17. The van der Waals surface area contributed by atoms with Crippen LogP contribution in [0.3, 0.4) is 0 Å². The molecule has 1 unspecified atom stereocenters. The molecule has 4 N–H and O–H groups in total. The van der Waals surface area contributed by atoms with Gasteiger partial charge >= 0.3 is 0 Å². The standard InChI is InChI=1S/C17H26N2O4S/c1-6-9(8-20)14(22)19-15-11(13(18)21)10-7-16(2,3)23-17(4,5)12(10)24-15/h9,20H,6-8H2,1-5H3,(H2,18,21)(H,19,22). The van der Waals surface area contributed by atoms with E-state index in [0.717, 1.165) is 10.4 Å². The Morgan fingerprint density at radius 3 is 2.50 bits per heavy atom. The molecule has 0 aliphatic carbocycles. The molecule has 0 radical (unpaired) electrons. The summed E-state index contributed by atoms with van der Waals surface area (Å²) in [6, 6.07) is 0. The largest absolute Gasteiger partial charge is 0.396 e. The summed E-state index contributed by atoms with van der Waals surface area (Å²) in [5.74, 6) is -1.38. The third-order valence-electron chi connectivity index (χ3n) is 4.25. The first-order chi connectivity index (χ1) is 11.0. The normalized spacial score (nSPS) is 19.4. The van der Waals surface area contributed by atoms with Gasteiger partial charge in [-0.05, 0) is 39.7 Å². The number of hydrogen-bond acceptors (Lipinski definition) is 5. The van der Waals surface area contributed by atoms with Crippen LogP contribution in [0.25, 0.3) is 0 Å². The van der Waals surface area contributed by atoms with Crippen LogP contribution < -0.4 is 11.1 Å². The SMILES string of the molecule is CCC(CO)C(=O)Nc1sc2c(c1C(N)=O)CC(C)(C)OC2(C)C. The van der Waals surface area contributed by atoms with Crippen LogP contribution >= 0.6 is 11.3 Å². The van der Waals surface area contributed by atoms with Crippen LogP contribution in [0.2, 0.25) is 0 Å². The van der Waals surface area contributed by atoms with Crippen molar-refractivity contribution in [1.29, 1.82) is 0 Å². The predicted octanol–water partition coefficient (Wildman–Crippen LogP) is 2.39.